The average Bonchev–Trinajstić information content (AvgIpc) is 2.87. The molecule has 18 heavy (non-hydrogen) atoms. The van der Waals surface area contributed by atoms with Gasteiger partial charge in [0.05, 0.1) is 5.69 Å². The highest BCUT2D eigenvalue weighted by molar-refractivity contribution is 5.85. The average molecular weight is 271 g/mol. The zero-order valence-electron chi connectivity index (χ0n) is 11.0. The molecule has 3 atom stereocenters. The van der Waals surface area contributed by atoms with E-state index in [-0.39, 0.29) is 12.4 Å². The van der Waals surface area contributed by atoms with Crippen LogP contribution < -0.4 is 5.73 Å². The molecule has 2 N–H and O–H groups in total. The number of hydrogen-bond acceptors (Lipinski definition) is 3. The van der Waals surface area contributed by atoms with Gasteiger partial charge in [0.15, 0.2) is 0 Å². The molecule has 0 aromatic carbocycles. The molecule has 2 fully saturated rings. The number of likely N-dealkylation sites (tertiary alicyclic amines) is 1. The second-order valence-electron chi connectivity index (χ2n) is 5.66. The van der Waals surface area contributed by atoms with E-state index in [1.807, 2.05) is 17.9 Å². The molecule has 3 rings (SSSR count). The number of aryl methyl sites for hydroxylation is 1. The van der Waals surface area contributed by atoms with Gasteiger partial charge in [-0.1, -0.05) is 6.42 Å². The van der Waals surface area contributed by atoms with Gasteiger partial charge >= 0.3 is 0 Å². The number of halogens is 1. The van der Waals surface area contributed by atoms with E-state index in [1.165, 1.54) is 38.0 Å². The highest BCUT2D eigenvalue weighted by Gasteiger charge is 2.38. The highest BCUT2D eigenvalue weighted by Crippen LogP contribution is 2.35. The zero-order valence-corrected chi connectivity index (χ0v) is 11.8. The van der Waals surface area contributed by atoms with Gasteiger partial charge in [-0.25, -0.2) is 0 Å². The Morgan fingerprint density at radius 2 is 2.22 bits per heavy atom. The molecule has 0 radical (unpaired) electrons. The molecule has 0 spiro atoms. The molecule has 1 aromatic rings. The molecule has 2 heterocycles. The molecule has 1 aliphatic carbocycles. The van der Waals surface area contributed by atoms with Crippen LogP contribution in [0.3, 0.4) is 0 Å². The minimum absolute atomic E-state index is 0. The van der Waals surface area contributed by atoms with Crippen LogP contribution in [0.25, 0.3) is 0 Å². The fourth-order valence-corrected chi connectivity index (χ4v) is 3.52. The molecule has 1 aliphatic heterocycles. The van der Waals surface area contributed by atoms with E-state index in [0.717, 1.165) is 18.4 Å². The van der Waals surface area contributed by atoms with Crippen LogP contribution >= 0.6 is 12.4 Å². The van der Waals surface area contributed by atoms with Crippen molar-refractivity contribution in [2.75, 3.05) is 13.1 Å². The first kappa shape index (κ1) is 13.8. The first-order chi connectivity index (χ1) is 8.24. The summed E-state index contributed by atoms with van der Waals surface area (Å²) in [5.74, 6) is 1.57. The van der Waals surface area contributed by atoms with Crippen molar-refractivity contribution in [1.82, 2.24) is 14.7 Å². The maximum atomic E-state index is 6.24. The summed E-state index contributed by atoms with van der Waals surface area (Å²) < 4.78 is 1.97. The van der Waals surface area contributed by atoms with Gasteiger partial charge in [-0.2, -0.15) is 5.10 Å². The van der Waals surface area contributed by atoms with Crippen molar-refractivity contribution in [3.05, 3.63) is 18.0 Å². The van der Waals surface area contributed by atoms with Crippen LogP contribution in [0, 0.1) is 11.8 Å². The molecule has 102 valence electrons. The van der Waals surface area contributed by atoms with Gasteiger partial charge in [0, 0.05) is 38.9 Å². The predicted octanol–water partition coefficient (Wildman–Crippen LogP) is 1.40. The third-order valence-electron chi connectivity index (χ3n) is 4.54. The van der Waals surface area contributed by atoms with E-state index in [9.17, 15) is 0 Å². The maximum absolute atomic E-state index is 6.24. The molecule has 0 amide bonds. The van der Waals surface area contributed by atoms with Crippen molar-refractivity contribution in [1.29, 1.82) is 0 Å². The Labute approximate surface area is 115 Å². The van der Waals surface area contributed by atoms with Crippen molar-refractivity contribution < 1.29 is 0 Å². The number of fused-ring (bicyclic) bond motifs is 1. The zero-order chi connectivity index (χ0) is 11.8. The number of aromatic nitrogens is 2. The lowest BCUT2D eigenvalue weighted by Crippen LogP contribution is -2.38. The Bertz CT molecular complexity index is 392. The Hall–Kier alpha value is -0.580. The molecule has 3 unspecified atom stereocenters. The van der Waals surface area contributed by atoms with E-state index in [0.29, 0.717) is 6.04 Å². The summed E-state index contributed by atoms with van der Waals surface area (Å²) >= 11 is 0. The van der Waals surface area contributed by atoms with Gasteiger partial charge in [-0.15, -0.1) is 12.4 Å². The standard InChI is InChI=1S/C13H22N4.ClH/c1-16-11(5-6-15-16)8-17-7-10-3-2-4-13(14)12(10)9-17;/h5-6,10,12-13H,2-4,7-9,14H2,1H3;1H. The fourth-order valence-electron chi connectivity index (χ4n) is 3.52. The largest absolute Gasteiger partial charge is 0.327 e. The van der Waals surface area contributed by atoms with Crippen LogP contribution in [0.2, 0.25) is 0 Å². The molecule has 5 heteroatoms. The summed E-state index contributed by atoms with van der Waals surface area (Å²) in [6, 6.07) is 2.55. The van der Waals surface area contributed by atoms with Crippen LogP contribution in [0.1, 0.15) is 25.0 Å². The molecule has 0 bridgehead atoms. The lowest BCUT2D eigenvalue weighted by atomic mass is 9.78. The molecule has 2 aliphatic rings. The van der Waals surface area contributed by atoms with Gasteiger partial charge in [-0.3, -0.25) is 9.58 Å². The summed E-state index contributed by atoms with van der Waals surface area (Å²) in [4.78, 5) is 2.55. The third kappa shape index (κ3) is 2.56. The van der Waals surface area contributed by atoms with E-state index >= 15 is 0 Å². The minimum atomic E-state index is 0. The quantitative estimate of drug-likeness (QED) is 0.884. The topological polar surface area (TPSA) is 47.1 Å². The van der Waals surface area contributed by atoms with Crippen LogP contribution in [0.4, 0.5) is 0 Å². The van der Waals surface area contributed by atoms with Gasteiger partial charge in [0.1, 0.15) is 0 Å². The molecule has 1 aromatic heterocycles. The lowest BCUT2D eigenvalue weighted by molar-refractivity contribution is 0.259. The second-order valence-corrected chi connectivity index (χ2v) is 5.66. The van der Waals surface area contributed by atoms with Crippen LogP contribution in [0.5, 0.6) is 0 Å². The molecule has 1 saturated carbocycles. The number of hydrogen-bond donors (Lipinski definition) is 1. The summed E-state index contributed by atoms with van der Waals surface area (Å²) in [5.41, 5.74) is 7.54. The second kappa shape index (κ2) is 5.59. The number of nitrogens with two attached hydrogens (primary N) is 1. The lowest BCUT2D eigenvalue weighted by Gasteiger charge is -2.29. The smallest absolute Gasteiger partial charge is 0.0521 e. The fraction of sp³-hybridized carbons (Fsp3) is 0.769. The first-order valence-corrected chi connectivity index (χ1v) is 6.69. The SMILES string of the molecule is Cl.Cn1nccc1CN1CC2CCCC(N)C2C1. The predicted molar refractivity (Wildman–Crippen MR) is 74.5 cm³/mol. The highest BCUT2D eigenvalue weighted by atomic mass is 35.5. The Morgan fingerprint density at radius 1 is 1.39 bits per heavy atom. The molecule has 1 saturated heterocycles. The molecular formula is C13H23ClN4. The van der Waals surface area contributed by atoms with E-state index in [2.05, 4.69) is 16.1 Å². The summed E-state index contributed by atoms with van der Waals surface area (Å²) in [6.07, 6.45) is 5.80. The van der Waals surface area contributed by atoms with Crippen molar-refractivity contribution in [2.45, 2.75) is 31.8 Å². The van der Waals surface area contributed by atoms with Crippen LogP contribution in [0.15, 0.2) is 12.3 Å². The van der Waals surface area contributed by atoms with Crippen molar-refractivity contribution in [3.8, 4) is 0 Å². The van der Waals surface area contributed by atoms with Gasteiger partial charge in [0.2, 0.25) is 0 Å². The van der Waals surface area contributed by atoms with E-state index in [1.54, 1.807) is 0 Å². The maximum Gasteiger partial charge on any atom is 0.0521 e. The molecular weight excluding hydrogens is 248 g/mol. The summed E-state index contributed by atoms with van der Waals surface area (Å²) in [7, 11) is 2.02. The van der Waals surface area contributed by atoms with Crippen LogP contribution in [-0.2, 0) is 13.6 Å². The Kier molecular flexibility index (Phi) is 4.30. The normalized spacial score (nSPS) is 32.0. The molecule has 4 nitrogen and oxygen atoms in total. The van der Waals surface area contributed by atoms with Crippen molar-refractivity contribution in [2.24, 2.45) is 24.6 Å². The summed E-state index contributed by atoms with van der Waals surface area (Å²) in [5, 5.41) is 4.23. The van der Waals surface area contributed by atoms with Gasteiger partial charge < -0.3 is 5.73 Å². The van der Waals surface area contributed by atoms with Crippen molar-refractivity contribution in [3.63, 3.8) is 0 Å². The Balaban J connectivity index is 0.00000120. The third-order valence-corrected chi connectivity index (χ3v) is 4.54. The minimum Gasteiger partial charge on any atom is -0.327 e. The van der Waals surface area contributed by atoms with Crippen LogP contribution in [-0.4, -0.2) is 33.8 Å². The number of nitrogens with zero attached hydrogens (tertiary/aromatic N) is 3. The van der Waals surface area contributed by atoms with E-state index < -0.39 is 0 Å². The summed E-state index contributed by atoms with van der Waals surface area (Å²) in [6.45, 7) is 3.43. The van der Waals surface area contributed by atoms with Gasteiger partial charge in [0.25, 0.3) is 0 Å². The first-order valence-electron chi connectivity index (χ1n) is 6.69. The van der Waals surface area contributed by atoms with E-state index in [4.69, 9.17) is 5.73 Å². The Morgan fingerprint density at radius 3 is 2.89 bits per heavy atom. The van der Waals surface area contributed by atoms with Gasteiger partial charge in [-0.05, 0) is 30.7 Å². The van der Waals surface area contributed by atoms with Crippen molar-refractivity contribution >= 4 is 12.4 Å². The number of rotatable bonds is 2. The monoisotopic (exact) mass is 270 g/mol.